The molecule has 1 nitrogen and oxygen atoms in total. The van der Waals surface area contributed by atoms with Crippen LogP contribution in [0.3, 0.4) is 0 Å². The van der Waals surface area contributed by atoms with Crippen molar-refractivity contribution in [3.05, 3.63) is 52.0 Å². The standard InChI is InChI=1S/C15H18BrNS/c1-3-15(11-16,13-7-5-4-6-8-13)9-14-10-18-12(2)17-14/h4-8,10H,3,9,11H2,1-2H3. The minimum Gasteiger partial charge on any atom is -0.247 e. The molecule has 0 spiro atoms. The second kappa shape index (κ2) is 5.98. The number of hydrogen-bond acceptors (Lipinski definition) is 2. The first-order valence-corrected chi connectivity index (χ1v) is 8.23. The number of alkyl halides is 1. The third kappa shape index (κ3) is 2.83. The average molecular weight is 324 g/mol. The van der Waals surface area contributed by atoms with Gasteiger partial charge in [0.15, 0.2) is 0 Å². The third-order valence-electron chi connectivity index (χ3n) is 3.50. The van der Waals surface area contributed by atoms with Crippen LogP contribution in [0.4, 0.5) is 0 Å². The molecule has 0 saturated heterocycles. The van der Waals surface area contributed by atoms with Crippen molar-refractivity contribution >= 4 is 27.3 Å². The van der Waals surface area contributed by atoms with Gasteiger partial charge in [-0.15, -0.1) is 11.3 Å². The lowest BCUT2D eigenvalue weighted by atomic mass is 9.76. The number of rotatable bonds is 5. The average Bonchev–Trinajstić information content (AvgIpc) is 2.82. The fourth-order valence-corrected chi connectivity index (χ4v) is 3.81. The molecule has 2 rings (SSSR count). The molecule has 1 heterocycles. The molecule has 0 aliphatic rings. The van der Waals surface area contributed by atoms with E-state index in [4.69, 9.17) is 0 Å². The van der Waals surface area contributed by atoms with Crippen LogP contribution in [0.15, 0.2) is 35.7 Å². The molecule has 1 unspecified atom stereocenters. The van der Waals surface area contributed by atoms with Crippen LogP contribution in [0.5, 0.6) is 0 Å². The summed E-state index contributed by atoms with van der Waals surface area (Å²) >= 11 is 5.44. The highest BCUT2D eigenvalue weighted by Gasteiger charge is 2.30. The molecule has 1 atom stereocenters. The molecule has 0 radical (unpaired) electrons. The summed E-state index contributed by atoms with van der Waals surface area (Å²) in [6.07, 6.45) is 2.11. The van der Waals surface area contributed by atoms with E-state index < -0.39 is 0 Å². The van der Waals surface area contributed by atoms with E-state index in [0.717, 1.165) is 23.2 Å². The monoisotopic (exact) mass is 323 g/mol. The summed E-state index contributed by atoms with van der Waals surface area (Å²) in [7, 11) is 0. The Morgan fingerprint density at radius 3 is 2.50 bits per heavy atom. The van der Waals surface area contributed by atoms with E-state index in [1.54, 1.807) is 11.3 Å². The molecule has 0 N–H and O–H groups in total. The summed E-state index contributed by atoms with van der Waals surface area (Å²) in [5.41, 5.74) is 2.76. The number of benzene rings is 1. The van der Waals surface area contributed by atoms with Crippen LogP contribution in [0.25, 0.3) is 0 Å². The SMILES string of the molecule is CCC(CBr)(Cc1csc(C)n1)c1ccccc1. The molecule has 0 aliphatic carbocycles. The van der Waals surface area contributed by atoms with Gasteiger partial charge in [0.25, 0.3) is 0 Å². The second-order valence-electron chi connectivity index (χ2n) is 4.67. The third-order valence-corrected chi connectivity index (χ3v) is 5.40. The van der Waals surface area contributed by atoms with E-state index in [1.165, 1.54) is 11.3 Å². The molecule has 96 valence electrons. The van der Waals surface area contributed by atoms with Crippen LogP contribution < -0.4 is 0 Å². The summed E-state index contributed by atoms with van der Waals surface area (Å²) in [5.74, 6) is 0. The summed E-state index contributed by atoms with van der Waals surface area (Å²) in [6.45, 7) is 4.33. The molecule has 1 aromatic heterocycles. The highest BCUT2D eigenvalue weighted by Crippen LogP contribution is 2.34. The molecule has 0 aliphatic heterocycles. The maximum atomic E-state index is 4.61. The molecule has 0 saturated carbocycles. The first-order chi connectivity index (χ1) is 8.70. The Labute approximate surface area is 121 Å². The van der Waals surface area contributed by atoms with Crippen LogP contribution in [0.2, 0.25) is 0 Å². The highest BCUT2D eigenvalue weighted by molar-refractivity contribution is 9.09. The van der Waals surface area contributed by atoms with Crippen molar-refractivity contribution in [3.8, 4) is 0 Å². The predicted molar refractivity (Wildman–Crippen MR) is 82.8 cm³/mol. The predicted octanol–water partition coefficient (Wildman–Crippen LogP) is 4.74. The van der Waals surface area contributed by atoms with E-state index in [9.17, 15) is 0 Å². The molecular weight excluding hydrogens is 306 g/mol. The Bertz CT molecular complexity index is 488. The Kier molecular flexibility index (Phi) is 4.57. The van der Waals surface area contributed by atoms with E-state index >= 15 is 0 Å². The van der Waals surface area contributed by atoms with E-state index in [1.807, 2.05) is 0 Å². The van der Waals surface area contributed by atoms with Gasteiger partial charge in [-0.25, -0.2) is 4.98 Å². The second-order valence-corrected chi connectivity index (χ2v) is 6.29. The van der Waals surface area contributed by atoms with E-state index in [0.29, 0.717) is 0 Å². The van der Waals surface area contributed by atoms with Crippen molar-refractivity contribution in [2.24, 2.45) is 0 Å². The zero-order valence-corrected chi connectivity index (χ0v) is 13.2. The van der Waals surface area contributed by atoms with Gasteiger partial charge in [0.2, 0.25) is 0 Å². The molecule has 18 heavy (non-hydrogen) atoms. The Hall–Kier alpha value is -0.670. The summed E-state index contributed by atoms with van der Waals surface area (Å²) in [6, 6.07) is 10.8. The Morgan fingerprint density at radius 2 is 2.00 bits per heavy atom. The molecule has 0 fully saturated rings. The van der Waals surface area contributed by atoms with E-state index in [-0.39, 0.29) is 5.41 Å². The van der Waals surface area contributed by atoms with Crippen molar-refractivity contribution in [3.63, 3.8) is 0 Å². The minimum absolute atomic E-state index is 0.155. The molecule has 3 heteroatoms. The van der Waals surface area contributed by atoms with Gasteiger partial charge in [-0.1, -0.05) is 53.2 Å². The Morgan fingerprint density at radius 1 is 1.28 bits per heavy atom. The van der Waals surface area contributed by atoms with E-state index in [2.05, 4.69) is 70.5 Å². The fourth-order valence-electron chi connectivity index (χ4n) is 2.28. The summed E-state index contributed by atoms with van der Waals surface area (Å²) in [4.78, 5) is 4.61. The molecule has 0 amide bonds. The molecular formula is C15H18BrNS. The lowest BCUT2D eigenvalue weighted by Gasteiger charge is -2.31. The van der Waals surface area contributed by atoms with Gasteiger partial charge in [-0.05, 0) is 18.9 Å². The zero-order chi connectivity index (χ0) is 13.0. The lowest BCUT2D eigenvalue weighted by Crippen LogP contribution is -2.30. The summed E-state index contributed by atoms with van der Waals surface area (Å²) in [5, 5.41) is 4.31. The van der Waals surface area contributed by atoms with Crippen molar-refractivity contribution < 1.29 is 0 Å². The largest absolute Gasteiger partial charge is 0.247 e. The minimum atomic E-state index is 0.155. The topological polar surface area (TPSA) is 12.9 Å². The normalized spacial score (nSPS) is 14.4. The van der Waals surface area contributed by atoms with Crippen LogP contribution in [0.1, 0.15) is 29.6 Å². The van der Waals surface area contributed by atoms with Crippen LogP contribution >= 0.6 is 27.3 Å². The van der Waals surface area contributed by atoms with Gasteiger partial charge >= 0.3 is 0 Å². The molecule has 0 bridgehead atoms. The van der Waals surface area contributed by atoms with Crippen molar-refractivity contribution in [1.82, 2.24) is 4.98 Å². The van der Waals surface area contributed by atoms with Gasteiger partial charge in [0, 0.05) is 22.5 Å². The number of halogens is 1. The quantitative estimate of drug-likeness (QED) is 0.724. The van der Waals surface area contributed by atoms with Gasteiger partial charge in [-0.2, -0.15) is 0 Å². The maximum Gasteiger partial charge on any atom is 0.0897 e. The zero-order valence-electron chi connectivity index (χ0n) is 10.8. The lowest BCUT2D eigenvalue weighted by molar-refractivity contribution is 0.460. The summed E-state index contributed by atoms with van der Waals surface area (Å²) < 4.78 is 0. The maximum absolute atomic E-state index is 4.61. The Balaban J connectivity index is 2.32. The molecule has 1 aromatic carbocycles. The van der Waals surface area contributed by atoms with Crippen molar-refractivity contribution in [2.75, 3.05) is 5.33 Å². The van der Waals surface area contributed by atoms with Crippen LogP contribution in [-0.2, 0) is 11.8 Å². The van der Waals surface area contributed by atoms with Gasteiger partial charge in [0.05, 0.1) is 10.7 Å². The number of hydrogen-bond donors (Lipinski definition) is 0. The van der Waals surface area contributed by atoms with Gasteiger partial charge < -0.3 is 0 Å². The highest BCUT2D eigenvalue weighted by atomic mass is 79.9. The van der Waals surface area contributed by atoms with Gasteiger partial charge in [0.1, 0.15) is 0 Å². The van der Waals surface area contributed by atoms with Crippen LogP contribution in [-0.4, -0.2) is 10.3 Å². The number of aromatic nitrogens is 1. The first kappa shape index (κ1) is 13.8. The first-order valence-electron chi connectivity index (χ1n) is 6.22. The van der Waals surface area contributed by atoms with Crippen molar-refractivity contribution in [2.45, 2.75) is 32.1 Å². The number of thiazole rings is 1. The smallest absolute Gasteiger partial charge is 0.0897 e. The van der Waals surface area contributed by atoms with Crippen molar-refractivity contribution in [1.29, 1.82) is 0 Å². The number of nitrogens with zero attached hydrogens (tertiary/aromatic N) is 1. The fraction of sp³-hybridized carbons (Fsp3) is 0.400. The molecule has 2 aromatic rings. The van der Waals surface area contributed by atoms with Gasteiger partial charge in [-0.3, -0.25) is 0 Å². The van der Waals surface area contributed by atoms with Crippen LogP contribution in [0, 0.1) is 6.92 Å². The number of aryl methyl sites for hydroxylation is 1.